The zero-order chi connectivity index (χ0) is 16.0. The van der Waals surface area contributed by atoms with Crippen LogP contribution >= 0.6 is 23.8 Å². The average molecular weight is 344 g/mol. The number of aryl methyl sites for hydroxylation is 1. The van der Waals surface area contributed by atoms with E-state index in [1.54, 1.807) is 10.9 Å². The van der Waals surface area contributed by atoms with Crippen molar-refractivity contribution in [2.45, 2.75) is 25.7 Å². The Balaban J connectivity index is 1.75. The largest absolute Gasteiger partial charge is 0.250 e. The molecule has 0 aliphatic heterocycles. The molecule has 0 radical (unpaired) electrons. The monoisotopic (exact) mass is 343 g/mol. The van der Waals surface area contributed by atoms with Gasteiger partial charge in [0.25, 0.3) is 0 Å². The van der Waals surface area contributed by atoms with E-state index in [0.29, 0.717) is 15.8 Å². The quantitative estimate of drug-likeness (QED) is 0.440. The number of rotatable bonds is 3. The van der Waals surface area contributed by atoms with Crippen LogP contribution in [0.25, 0.3) is 10.9 Å². The number of pyridine rings is 1. The third kappa shape index (κ3) is 2.80. The molecule has 0 saturated heterocycles. The summed E-state index contributed by atoms with van der Waals surface area (Å²) < 4.78 is 2.16. The summed E-state index contributed by atoms with van der Waals surface area (Å²) in [5.41, 5.74) is 2.79. The minimum atomic E-state index is 0.426. The SMILES string of the molecule is Cc1ccc2cc(/C=N\n3c(C4CC4)n[nH]c3=S)c(Cl)nc2c1. The third-order valence-electron chi connectivity index (χ3n) is 3.88. The molecule has 0 spiro atoms. The minimum absolute atomic E-state index is 0.426. The molecular formula is C16H14ClN5S. The summed E-state index contributed by atoms with van der Waals surface area (Å²) in [7, 11) is 0. The van der Waals surface area contributed by atoms with Crippen molar-refractivity contribution in [3.63, 3.8) is 0 Å². The molecule has 1 aliphatic rings. The van der Waals surface area contributed by atoms with Crippen LogP contribution in [0.1, 0.15) is 35.7 Å². The molecule has 1 fully saturated rings. The maximum absolute atomic E-state index is 6.29. The van der Waals surface area contributed by atoms with Crippen molar-refractivity contribution in [3.8, 4) is 0 Å². The number of benzene rings is 1. The summed E-state index contributed by atoms with van der Waals surface area (Å²) in [6.45, 7) is 2.03. The van der Waals surface area contributed by atoms with Gasteiger partial charge in [0, 0.05) is 16.9 Å². The van der Waals surface area contributed by atoms with E-state index in [2.05, 4.69) is 26.3 Å². The van der Waals surface area contributed by atoms with Gasteiger partial charge in [0.1, 0.15) is 5.15 Å². The lowest BCUT2D eigenvalue weighted by molar-refractivity contribution is 0.773. The summed E-state index contributed by atoms with van der Waals surface area (Å²) in [6, 6.07) is 8.08. The Morgan fingerprint density at radius 2 is 2.22 bits per heavy atom. The van der Waals surface area contributed by atoms with Gasteiger partial charge in [0.15, 0.2) is 5.82 Å². The first-order valence-corrected chi connectivity index (χ1v) is 8.19. The molecule has 0 bridgehead atoms. The molecule has 1 N–H and O–H groups in total. The first kappa shape index (κ1) is 14.5. The number of fused-ring (bicyclic) bond motifs is 1. The summed E-state index contributed by atoms with van der Waals surface area (Å²) in [5, 5.41) is 13.0. The van der Waals surface area contributed by atoms with Gasteiger partial charge >= 0.3 is 0 Å². The second kappa shape index (κ2) is 5.54. The van der Waals surface area contributed by atoms with Crippen molar-refractivity contribution in [1.29, 1.82) is 0 Å². The lowest BCUT2D eigenvalue weighted by atomic mass is 10.1. The van der Waals surface area contributed by atoms with E-state index in [0.717, 1.165) is 40.7 Å². The van der Waals surface area contributed by atoms with Gasteiger partial charge < -0.3 is 0 Å². The molecule has 5 nitrogen and oxygen atoms in total. The van der Waals surface area contributed by atoms with Gasteiger partial charge in [-0.25, -0.2) is 4.98 Å². The first-order valence-electron chi connectivity index (χ1n) is 7.40. The van der Waals surface area contributed by atoms with Gasteiger partial charge in [-0.15, -0.1) is 0 Å². The number of halogens is 1. The van der Waals surface area contributed by atoms with Crippen LogP contribution in [0.15, 0.2) is 29.4 Å². The Labute approximate surface area is 143 Å². The number of nitrogens with one attached hydrogen (secondary N) is 1. The number of nitrogens with zero attached hydrogens (tertiary/aromatic N) is 4. The predicted octanol–water partition coefficient (Wildman–Crippen LogP) is 4.21. The van der Waals surface area contributed by atoms with Crippen LogP contribution in [0.5, 0.6) is 0 Å². The summed E-state index contributed by atoms with van der Waals surface area (Å²) in [4.78, 5) is 4.44. The fourth-order valence-electron chi connectivity index (χ4n) is 2.50. The van der Waals surface area contributed by atoms with Crippen molar-refractivity contribution in [1.82, 2.24) is 19.9 Å². The van der Waals surface area contributed by atoms with E-state index < -0.39 is 0 Å². The van der Waals surface area contributed by atoms with Crippen molar-refractivity contribution >= 4 is 40.9 Å². The highest BCUT2D eigenvalue weighted by Gasteiger charge is 2.29. The van der Waals surface area contributed by atoms with E-state index in [1.165, 1.54) is 0 Å². The van der Waals surface area contributed by atoms with Gasteiger partial charge in [-0.05, 0) is 49.7 Å². The highest BCUT2D eigenvalue weighted by atomic mass is 35.5. The number of H-pyrrole nitrogens is 1. The zero-order valence-electron chi connectivity index (χ0n) is 12.5. The third-order valence-corrected chi connectivity index (χ3v) is 4.45. The number of hydrogen-bond acceptors (Lipinski definition) is 4. The van der Waals surface area contributed by atoms with Crippen molar-refractivity contribution in [3.05, 3.63) is 51.1 Å². The molecular weight excluding hydrogens is 330 g/mol. The molecule has 2 aromatic heterocycles. The Morgan fingerprint density at radius 3 is 3.00 bits per heavy atom. The highest BCUT2D eigenvalue weighted by Crippen LogP contribution is 2.38. The number of hydrogen-bond donors (Lipinski definition) is 1. The van der Waals surface area contributed by atoms with E-state index in [4.69, 9.17) is 23.8 Å². The van der Waals surface area contributed by atoms with E-state index in [9.17, 15) is 0 Å². The Morgan fingerprint density at radius 1 is 1.39 bits per heavy atom. The Kier molecular flexibility index (Phi) is 3.50. The fourth-order valence-corrected chi connectivity index (χ4v) is 2.88. The minimum Gasteiger partial charge on any atom is -0.250 e. The van der Waals surface area contributed by atoms with E-state index >= 15 is 0 Å². The summed E-state index contributed by atoms with van der Waals surface area (Å²) in [5.74, 6) is 1.33. The lowest BCUT2D eigenvalue weighted by Gasteiger charge is -2.03. The van der Waals surface area contributed by atoms with Crippen molar-refractivity contribution in [2.24, 2.45) is 5.10 Å². The standard InChI is InChI=1S/C16H14ClN5S/c1-9-2-3-11-7-12(14(17)19-13(11)6-9)8-18-22-15(10-4-5-10)20-21-16(22)23/h2-3,6-8,10H,4-5H2,1H3,(H,21,23)/b18-8-. The number of aromatic amines is 1. The molecule has 4 rings (SSSR count). The Bertz CT molecular complexity index is 984. The molecule has 0 amide bonds. The highest BCUT2D eigenvalue weighted by molar-refractivity contribution is 7.71. The number of aromatic nitrogens is 4. The van der Waals surface area contributed by atoms with Gasteiger partial charge in [0.05, 0.1) is 11.7 Å². The molecule has 2 heterocycles. The van der Waals surface area contributed by atoms with Crippen LogP contribution in [-0.2, 0) is 0 Å². The molecule has 3 aromatic rings. The van der Waals surface area contributed by atoms with Crippen LogP contribution in [-0.4, -0.2) is 26.1 Å². The van der Waals surface area contributed by atoms with Crippen LogP contribution in [0, 0.1) is 11.7 Å². The van der Waals surface area contributed by atoms with E-state index in [-0.39, 0.29) is 0 Å². The molecule has 7 heteroatoms. The van der Waals surface area contributed by atoms with Crippen molar-refractivity contribution in [2.75, 3.05) is 0 Å². The normalized spacial score (nSPS) is 14.9. The van der Waals surface area contributed by atoms with Crippen LogP contribution in [0.2, 0.25) is 5.15 Å². The summed E-state index contributed by atoms with van der Waals surface area (Å²) >= 11 is 11.5. The predicted molar refractivity (Wildman–Crippen MR) is 93.9 cm³/mol. The van der Waals surface area contributed by atoms with Gasteiger partial charge in [0.2, 0.25) is 4.77 Å². The van der Waals surface area contributed by atoms with Gasteiger partial charge in [-0.3, -0.25) is 5.10 Å². The second-order valence-corrected chi connectivity index (χ2v) is 6.53. The smallest absolute Gasteiger partial charge is 0.216 e. The van der Waals surface area contributed by atoms with Gasteiger partial charge in [-0.2, -0.15) is 14.9 Å². The van der Waals surface area contributed by atoms with Crippen molar-refractivity contribution < 1.29 is 0 Å². The fraction of sp³-hybridized carbons (Fsp3) is 0.250. The second-order valence-electron chi connectivity index (χ2n) is 5.78. The summed E-state index contributed by atoms with van der Waals surface area (Å²) in [6.07, 6.45) is 3.95. The molecule has 0 unspecified atom stereocenters. The molecule has 1 aromatic carbocycles. The van der Waals surface area contributed by atoms with Crippen LogP contribution in [0.4, 0.5) is 0 Å². The molecule has 116 valence electrons. The molecule has 1 aliphatic carbocycles. The maximum atomic E-state index is 6.29. The van der Waals surface area contributed by atoms with Crippen LogP contribution < -0.4 is 0 Å². The Hall–Kier alpha value is -2.05. The topological polar surface area (TPSA) is 58.9 Å². The maximum Gasteiger partial charge on any atom is 0.216 e. The van der Waals surface area contributed by atoms with E-state index in [1.807, 2.05) is 25.1 Å². The molecule has 0 atom stereocenters. The first-order chi connectivity index (χ1) is 11.1. The van der Waals surface area contributed by atoms with Gasteiger partial charge in [-0.1, -0.05) is 23.7 Å². The van der Waals surface area contributed by atoms with Crippen LogP contribution in [0.3, 0.4) is 0 Å². The zero-order valence-corrected chi connectivity index (χ0v) is 14.0. The lowest BCUT2D eigenvalue weighted by Crippen LogP contribution is -1.98. The average Bonchev–Trinajstić information content (AvgIpc) is 3.29. The molecule has 23 heavy (non-hydrogen) atoms. The molecule has 1 saturated carbocycles.